The molecule has 68 valence electrons. The van der Waals surface area contributed by atoms with E-state index in [1.807, 2.05) is 13.8 Å². The first-order valence-corrected chi connectivity index (χ1v) is 3.59. The van der Waals surface area contributed by atoms with E-state index >= 15 is 0 Å². The van der Waals surface area contributed by atoms with Crippen LogP contribution in [0.3, 0.4) is 0 Å². The van der Waals surface area contributed by atoms with Gasteiger partial charge in [-0.1, -0.05) is 0 Å². The second-order valence-corrected chi connectivity index (χ2v) is 1.80. The molecule has 0 fully saturated rings. The summed E-state index contributed by atoms with van der Waals surface area (Å²) in [6, 6.07) is 0. The average molecular weight is 182 g/mol. The molecule has 0 radical (unpaired) electrons. The number of nitrogens with one attached hydrogen (secondary N) is 1. The van der Waals surface area contributed by atoms with Crippen molar-refractivity contribution in [3.8, 4) is 0 Å². The Labute approximate surface area is 74.0 Å². The summed E-state index contributed by atoms with van der Waals surface area (Å²) in [7, 11) is 0. The minimum atomic E-state index is 0. The van der Waals surface area contributed by atoms with Crippen LogP contribution in [0, 0.1) is 5.41 Å². The van der Waals surface area contributed by atoms with Crippen LogP contribution in [0.2, 0.25) is 0 Å². The summed E-state index contributed by atoms with van der Waals surface area (Å²) in [5.41, 5.74) is 0. The molecule has 0 aromatic carbocycles. The first kappa shape index (κ1) is 13.3. The normalized spacial score (nSPS) is 8.55. The van der Waals surface area contributed by atoms with E-state index in [0.29, 0.717) is 32.1 Å². The lowest BCUT2D eigenvalue weighted by atomic mass is 10.4. The van der Waals surface area contributed by atoms with Crippen LogP contribution < -0.4 is 0 Å². The monoisotopic (exact) mass is 181 g/mol. The highest BCUT2D eigenvalue weighted by Gasteiger charge is 1.94. The van der Waals surface area contributed by atoms with E-state index in [0.717, 1.165) is 0 Å². The fraction of sp³-hybridized carbons (Fsp3) is 0.857. The van der Waals surface area contributed by atoms with Crippen LogP contribution in [0.25, 0.3) is 0 Å². The Morgan fingerprint density at radius 1 is 1.27 bits per heavy atom. The largest absolute Gasteiger partial charge is 0.481 e. The molecule has 0 bridgehead atoms. The number of hydrogen-bond acceptors (Lipinski definition) is 3. The van der Waals surface area contributed by atoms with Crippen molar-refractivity contribution in [2.45, 2.75) is 20.3 Å². The lowest BCUT2D eigenvalue weighted by Crippen LogP contribution is -2.06. The Hall–Kier alpha value is -0.280. The van der Waals surface area contributed by atoms with Crippen molar-refractivity contribution in [3.63, 3.8) is 0 Å². The minimum Gasteiger partial charge on any atom is -0.481 e. The van der Waals surface area contributed by atoms with Gasteiger partial charge in [-0.2, -0.15) is 0 Å². The molecule has 0 saturated heterocycles. The van der Waals surface area contributed by atoms with Gasteiger partial charge in [-0.25, -0.2) is 0 Å². The third-order valence-corrected chi connectivity index (χ3v) is 0.996. The van der Waals surface area contributed by atoms with Gasteiger partial charge in [0.2, 0.25) is 0 Å². The van der Waals surface area contributed by atoms with Crippen molar-refractivity contribution in [1.29, 1.82) is 5.41 Å². The summed E-state index contributed by atoms with van der Waals surface area (Å²) in [6.45, 7) is 5.68. The van der Waals surface area contributed by atoms with Crippen molar-refractivity contribution in [1.82, 2.24) is 0 Å². The summed E-state index contributed by atoms with van der Waals surface area (Å²) in [5.74, 6) is 0.316. The van der Waals surface area contributed by atoms with E-state index in [1.165, 1.54) is 0 Å². The van der Waals surface area contributed by atoms with E-state index in [4.69, 9.17) is 14.9 Å². The molecule has 0 spiro atoms. The molecule has 0 aromatic rings. The van der Waals surface area contributed by atoms with E-state index < -0.39 is 0 Å². The molecule has 4 heteroatoms. The van der Waals surface area contributed by atoms with Gasteiger partial charge >= 0.3 is 0 Å². The third-order valence-electron chi connectivity index (χ3n) is 0.996. The summed E-state index contributed by atoms with van der Waals surface area (Å²) >= 11 is 0. The molecule has 0 atom stereocenters. The van der Waals surface area contributed by atoms with Gasteiger partial charge in [-0.15, -0.1) is 12.4 Å². The van der Waals surface area contributed by atoms with Crippen LogP contribution >= 0.6 is 12.4 Å². The average Bonchev–Trinajstić information content (AvgIpc) is 1.89. The Bertz CT molecular complexity index is 98.4. The predicted octanol–water partition coefficient (Wildman–Crippen LogP) is 1.85. The Morgan fingerprint density at radius 2 is 1.91 bits per heavy atom. The molecule has 1 N–H and O–H groups in total. The van der Waals surface area contributed by atoms with Crippen LogP contribution in [-0.2, 0) is 9.47 Å². The molecule has 0 heterocycles. The molecular weight excluding hydrogens is 166 g/mol. The summed E-state index contributed by atoms with van der Waals surface area (Å²) < 4.78 is 9.92. The highest BCUT2D eigenvalue weighted by atomic mass is 35.5. The Balaban J connectivity index is 0. The van der Waals surface area contributed by atoms with Gasteiger partial charge in [-0.05, 0) is 13.8 Å². The molecule has 0 saturated carbocycles. The molecule has 0 aliphatic carbocycles. The molecule has 3 nitrogen and oxygen atoms in total. The van der Waals surface area contributed by atoms with Crippen molar-refractivity contribution >= 4 is 18.3 Å². The fourth-order valence-electron chi connectivity index (χ4n) is 0.556. The maximum Gasteiger partial charge on any atom is 0.182 e. The van der Waals surface area contributed by atoms with Gasteiger partial charge in [0, 0.05) is 13.0 Å². The number of hydrogen-bond donors (Lipinski definition) is 1. The van der Waals surface area contributed by atoms with Gasteiger partial charge in [0.1, 0.15) is 0 Å². The highest BCUT2D eigenvalue weighted by molar-refractivity contribution is 5.85. The molecule has 0 unspecified atom stereocenters. The Morgan fingerprint density at radius 3 is 2.36 bits per heavy atom. The van der Waals surface area contributed by atoms with Gasteiger partial charge < -0.3 is 9.47 Å². The molecular formula is C7H16ClNO2. The zero-order valence-corrected chi connectivity index (χ0v) is 7.87. The van der Waals surface area contributed by atoms with Crippen LogP contribution in [0.4, 0.5) is 0 Å². The van der Waals surface area contributed by atoms with E-state index in [9.17, 15) is 0 Å². The topological polar surface area (TPSA) is 42.3 Å². The standard InChI is InChI=1S/C7H15NO2.ClH/c1-3-9-6-5-7(8)10-4-2;/h8H,3-6H2,1-2H3;1H. The summed E-state index contributed by atoms with van der Waals surface area (Å²) in [4.78, 5) is 0. The van der Waals surface area contributed by atoms with Crippen molar-refractivity contribution in [2.75, 3.05) is 19.8 Å². The predicted molar refractivity (Wildman–Crippen MR) is 47.7 cm³/mol. The first-order valence-electron chi connectivity index (χ1n) is 3.59. The van der Waals surface area contributed by atoms with Gasteiger partial charge in [0.15, 0.2) is 5.90 Å². The summed E-state index contributed by atoms with van der Waals surface area (Å²) in [6.07, 6.45) is 0.585. The lowest BCUT2D eigenvalue weighted by Gasteiger charge is -2.03. The zero-order chi connectivity index (χ0) is 7.82. The fourth-order valence-corrected chi connectivity index (χ4v) is 0.556. The SMILES string of the molecule is CCOCCC(=N)OCC.Cl. The highest BCUT2D eigenvalue weighted by Crippen LogP contribution is 1.87. The lowest BCUT2D eigenvalue weighted by molar-refractivity contribution is 0.149. The van der Waals surface area contributed by atoms with E-state index in [1.54, 1.807) is 0 Å². The van der Waals surface area contributed by atoms with Crippen LogP contribution in [-0.4, -0.2) is 25.7 Å². The molecule has 0 rings (SSSR count). The van der Waals surface area contributed by atoms with Crippen molar-refractivity contribution in [2.24, 2.45) is 0 Å². The molecule has 0 aromatic heterocycles. The molecule has 0 amide bonds. The first-order chi connectivity index (χ1) is 4.81. The maximum atomic E-state index is 7.16. The third kappa shape index (κ3) is 9.72. The van der Waals surface area contributed by atoms with Crippen LogP contribution in [0.5, 0.6) is 0 Å². The second-order valence-electron chi connectivity index (χ2n) is 1.80. The second kappa shape index (κ2) is 9.72. The van der Waals surface area contributed by atoms with Gasteiger partial charge in [0.25, 0.3) is 0 Å². The summed E-state index contributed by atoms with van der Waals surface area (Å²) in [5, 5.41) is 7.16. The number of ether oxygens (including phenoxy) is 2. The van der Waals surface area contributed by atoms with Gasteiger partial charge in [-0.3, -0.25) is 5.41 Å². The van der Waals surface area contributed by atoms with E-state index in [2.05, 4.69) is 0 Å². The van der Waals surface area contributed by atoms with Gasteiger partial charge in [0.05, 0.1) is 13.2 Å². The van der Waals surface area contributed by atoms with Crippen molar-refractivity contribution in [3.05, 3.63) is 0 Å². The van der Waals surface area contributed by atoms with E-state index in [-0.39, 0.29) is 12.4 Å². The van der Waals surface area contributed by atoms with Crippen LogP contribution in [0.1, 0.15) is 20.3 Å². The molecule has 0 aliphatic heterocycles. The minimum absolute atomic E-state index is 0. The number of rotatable bonds is 5. The van der Waals surface area contributed by atoms with Crippen LogP contribution in [0.15, 0.2) is 0 Å². The Kier molecular flexibility index (Phi) is 11.8. The smallest absolute Gasteiger partial charge is 0.182 e. The van der Waals surface area contributed by atoms with Crippen molar-refractivity contribution < 1.29 is 9.47 Å². The maximum absolute atomic E-state index is 7.16. The number of halogens is 1. The quantitative estimate of drug-likeness (QED) is 0.400. The molecule has 11 heavy (non-hydrogen) atoms. The molecule has 0 aliphatic rings. The zero-order valence-electron chi connectivity index (χ0n) is 7.05.